The average Bonchev–Trinajstić information content (AvgIpc) is 2.70. The molecular formula is C11H15N3O2. The van der Waals surface area contributed by atoms with Crippen molar-refractivity contribution in [2.24, 2.45) is 0 Å². The van der Waals surface area contributed by atoms with Crippen LogP contribution in [0, 0.1) is 0 Å². The van der Waals surface area contributed by atoms with E-state index in [0.717, 1.165) is 12.8 Å². The van der Waals surface area contributed by atoms with Crippen molar-refractivity contribution in [3.63, 3.8) is 0 Å². The van der Waals surface area contributed by atoms with Gasteiger partial charge < -0.3 is 15.8 Å². The normalized spacial score (nSPS) is 24.3. The fraction of sp³-hybridized carbons (Fsp3) is 0.455. The topological polar surface area (TPSA) is 77.2 Å². The van der Waals surface area contributed by atoms with Crippen LogP contribution in [0.5, 0.6) is 0 Å². The molecule has 16 heavy (non-hydrogen) atoms. The molecule has 1 saturated heterocycles. The Morgan fingerprint density at radius 1 is 1.62 bits per heavy atom. The van der Waals surface area contributed by atoms with Crippen molar-refractivity contribution in [1.82, 2.24) is 4.98 Å². The maximum absolute atomic E-state index is 11.9. The molecule has 0 aliphatic carbocycles. The van der Waals surface area contributed by atoms with Crippen LogP contribution in [0.2, 0.25) is 0 Å². The summed E-state index contributed by atoms with van der Waals surface area (Å²) in [5.74, 6) is 0.346. The zero-order valence-corrected chi connectivity index (χ0v) is 9.19. The molecule has 1 amide bonds. The van der Waals surface area contributed by atoms with Crippen molar-refractivity contribution in [1.29, 1.82) is 0 Å². The molecule has 2 heterocycles. The molecule has 1 aliphatic rings. The maximum atomic E-state index is 11.9. The molecule has 3 N–H and O–H groups in total. The molecule has 0 bridgehead atoms. The van der Waals surface area contributed by atoms with E-state index >= 15 is 0 Å². The number of hydrogen-bond acceptors (Lipinski definition) is 4. The number of anilines is 2. The third-order valence-corrected chi connectivity index (χ3v) is 2.73. The molecule has 1 aromatic rings. The number of aromatic nitrogens is 1. The van der Waals surface area contributed by atoms with Crippen molar-refractivity contribution in [2.45, 2.75) is 25.4 Å². The van der Waals surface area contributed by atoms with Crippen molar-refractivity contribution in [3.05, 3.63) is 18.3 Å². The highest BCUT2D eigenvalue weighted by atomic mass is 16.5. The highest BCUT2D eigenvalue weighted by Crippen LogP contribution is 2.26. The van der Waals surface area contributed by atoms with Crippen LogP contribution >= 0.6 is 0 Å². The van der Waals surface area contributed by atoms with Crippen LogP contribution < -0.4 is 11.1 Å². The van der Waals surface area contributed by atoms with Crippen molar-refractivity contribution in [2.75, 3.05) is 17.7 Å². The van der Waals surface area contributed by atoms with E-state index < -0.39 is 5.60 Å². The standard InChI is InChI=1S/C11H15N3O2/c1-11(5-2-6-16-11)10(15)14-9-4-3-8(12)7-13-9/h3-4,7H,2,5-6,12H2,1H3,(H,13,14,15). The van der Waals surface area contributed by atoms with Crippen molar-refractivity contribution < 1.29 is 9.53 Å². The first-order valence-corrected chi connectivity index (χ1v) is 5.27. The highest BCUT2D eigenvalue weighted by Gasteiger charge is 2.37. The largest absolute Gasteiger partial charge is 0.397 e. The number of nitrogens with two attached hydrogens (primary N) is 1. The van der Waals surface area contributed by atoms with Gasteiger partial charge in [0.1, 0.15) is 11.4 Å². The molecule has 1 aliphatic heterocycles. The number of rotatable bonds is 2. The zero-order valence-electron chi connectivity index (χ0n) is 9.19. The Hall–Kier alpha value is -1.62. The minimum atomic E-state index is -0.719. The van der Waals surface area contributed by atoms with Crippen LogP contribution in [-0.2, 0) is 9.53 Å². The highest BCUT2D eigenvalue weighted by molar-refractivity contribution is 5.96. The molecule has 1 aromatic heterocycles. The lowest BCUT2D eigenvalue weighted by Crippen LogP contribution is -2.39. The molecular weight excluding hydrogens is 206 g/mol. The number of amides is 1. The van der Waals surface area contributed by atoms with Gasteiger partial charge in [0.15, 0.2) is 0 Å². The first-order valence-electron chi connectivity index (χ1n) is 5.27. The Morgan fingerprint density at radius 3 is 3.00 bits per heavy atom. The quantitative estimate of drug-likeness (QED) is 0.786. The van der Waals surface area contributed by atoms with Gasteiger partial charge in [-0.25, -0.2) is 4.98 Å². The Balaban J connectivity index is 2.04. The Labute approximate surface area is 94.0 Å². The van der Waals surface area contributed by atoms with Gasteiger partial charge >= 0.3 is 0 Å². The van der Waals surface area contributed by atoms with Gasteiger partial charge in [-0.3, -0.25) is 4.79 Å². The summed E-state index contributed by atoms with van der Waals surface area (Å²) in [5.41, 5.74) is 5.36. The molecule has 0 saturated carbocycles. The second-order valence-corrected chi connectivity index (χ2v) is 4.11. The van der Waals surface area contributed by atoms with Crippen molar-refractivity contribution >= 4 is 17.4 Å². The second kappa shape index (κ2) is 4.09. The molecule has 0 spiro atoms. The molecule has 0 aromatic carbocycles. The number of carbonyl (C=O) groups excluding carboxylic acids is 1. The molecule has 86 valence electrons. The SMILES string of the molecule is CC1(C(=O)Nc2ccc(N)cn2)CCCO1. The number of carbonyl (C=O) groups is 1. The summed E-state index contributed by atoms with van der Waals surface area (Å²) in [4.78, 5) is 15.9. The molecule has 1 fully saturated rings. The van der Waals surface area contributed by atoms with Crippen LogP contribution in [0.3, 0.4) is 0 Å². The molecule has 2 rings (SSSR count). The predicted molar refractivity (Wildman–Crippen MR) is 60.9 cm³/mol. The van der Waals surface area contributed by atoms with E-state index in [9.17, 15) is 4.79 Å². The predicted octanol–water partition coefficient (Wildman–Crippen LogP) is 1.17. The lowest BCUT2D eigenvalue weighted by Gasteiger charge is -2.21. The Kier molecular flexibility index (Phi) is 2.78. The van der Waals surface area contributed by atoms with Crippen LogP contribution in [0.1, 0.15) is 19.8 Å². The van der Waals surface area contributed by atoms with E-state index in [0.29, 0.717) is 18.1 Å². The molecule has 5 nitrogen and oxygen atoms in total. The van der Waals surface area contributed by atoms with Crippen LogP contribution in [-0.4, -0.2) is 23.1 Å². The van der Waals surface area contributed by atoms with Crippen LogP contribution in [0.25, 0.3) is 0 Å². The van der Waals surface area contributed by atoms with Gasteiger partial charge in [0.05, 0.1) is 11.9 Å². The molecule has 1 unspecified atom stereocenters. The van der Waals surface area contributed by atoms with E-state index in [2.05, 4.69) is 10.3 Å². The Bertz CT molecular complexity index is 383. The number of nitrogens with one attached hydrogen (secondary N) is 1. The second-order valence-electron chi connectivity index (χ2n) is 4.11. The van der Waals surface area contributed by atoms with E-state index in [-0.39, 0.29) is 5.91 Å². The minimum Gasteiger partial charge on any atom is -0.397 e. The molecule has 1 atom stereocenters. The van der Waals surface area contributed by atoms with Crippen LogP contribution in [0.4, 0.5) is 11.5 Å². The van der Waals surface area contributed by atoms with Gasteiger partial charge in [-0.15, -0.1) is 0 Å². The van der Waals surface area contributed by atoms with Gasteiger partial charge in [0.25, 0.3) is 5.91 Å². The minimum absolute atomic E-state index is 0.151. The maximum Gasteiger partial charge on any atom is 0.257 e. The fourth-order valence-electron chi connectivity index (χ4n) is 1.69. The first kappa shape index (κ1) is 10.9. The summed E-state index contributed by atoms with van der Waals surface area (Å²) in [5, 5.41) is 2.72. The number of hydrogen-bond donors (Lipinski definition) is 2. The smallest absolute Gasteiger partial charge is 0.257 e. The van der Waals surface area contributed by atoms with E-state index in [4.69, 9.17) is 10.5 Å². The van der Waals surface area contributed by atoms with Gasteiger partial charge in [-0.05, 0) is 31.9 Å². The third kappa shape index (κ3) is 2.14. The fourth-order valence-corrected chi connectivity index (χ4v) is 1.69. The van der Waals surface area contributed by atoms with Crippen LogP contribution in [0.15, 0.2) is 18.3 Å². The number of pyridine rings is 1. The lowest BCUT2D eigenvalue weighted by atomic mass is 10.0. The summed E-state index contributed by atoms with van der Waals surface area (Å²) in [6.07, 6.45) is 3.17. The van der Waals surface area contributed by atoms with E-state index in [1.165, 1.54) is 6.20 Å². The monoisotopic (exact) mass is 221 g/mol. The van der Waals surface area contributed by atoms with Gasteiger partial charge in [0, 0.05) is 6.61 Å². The average molecular weight is 221 g/mol. The zero-order chi connectivity index (χ0) is 11.6. The summed E-state index contributed by atoms with van der Waals surface area (Å²) < 4.78 is 5.43. The van der Waals surface area contributed by atoms with Gasteiger partial charge in [-0.1, -0.05) is 0 Å². The molecule has 5 heteroatoms. The lowest BCUT2D eigenvalue weighted by molar-refractivity contribution is -0.133. The van der Waals surface area contributed by atoms with E-state index in [1.54, 1.807) is 19.1 Å². The number of nitrogens with zero attached hydrogens (tertiary/aromatic N) is 1. The van der Waals surface area contributed by atoms with E-state index in [1.807, 2.05) is 0 Å². The third-order valence-electron chi connectivity index (χ3n) is 2.73. The number of ether oxygens (including phenoxy) is 1. The van der Waals surface area contributed by atoms with Crippen molar-refractivity contribution in [3.8, 4) is 0 Å². The Morgan fingerprint density at radius 2 is 2.44 bits per heavy atom. The summed E-state index contributed by atoms with van der Waals surface area (Å²) in [6, 6.07) is 3.37. The summed E-state index contributed by atoms with van der Waals surface area (Å²) in [6.45, 7) is 2.44. The van der Waals surface area contributed by atoms with Gasteiger partial charge in [-0.2, -0.15) is 0 Å². The summed E-state index contributed by atoms with van der Waals surface area (Å²) >= 11 is 0. The number of nitrogen functional groups attached to an aromatic ring is 1. The first-order chi connectivity index (χ1) is 7.60. The van der Waals surface area contributed by atoms with Gasteiger partial charge in [0.2, 0.25) is 0 Å². The molecule has 0 radical (unpaired) electrons. The summed E-state index contributed by atoms with van der Waals surface area (Å²) in [7, 11) is 0.